The minimum atomic E-state index is 0.104. The number of carbonyl (C=O) groups excluding carboxylic acids is 1. The van der Waals surface area contributed by atoms with E-state index in [0.29, 0.717) is 13.0 Å². The minimum Gasteiger partial charge on any atom is -0.381 e. The van der Waals surface area contributed by atoms with Crippen molar-refractivity contribution in [3.63, 3.8) is 0 Å². The number of aryl methyl sites for hydroxylation is 1. The summed E-state index contributed by atoms with van der Waals surface area (Å²) in [4.78, 5) is 13.8. The second-order valence-corrected chi connectivity index (χ2v) is 5.92. The molecule has 0 saturated heterocycles. The van der Waals surface area contributed by atoms with E-state index in [1.165, 1.54) is 37.7 Å². The molecule has 22 heavy (non-hydrogen) atoms. The predicted molar refractivity (Wildman–Crippen MR) is 93.4 cm³/mol. The van der Waals surface area contributed by atoms with E-state index in [2.05, 4.69) is 6.92 Å². The van der Waals surface area contributed by atoms with Crippen LogP contribution in [0.1, 0.15) is 57.4 Å². The molecule has 0 aromatic heterocycles. The standard InChI is InChI=1S/C19H31NO2/c1-4-5-6-7-8-9-15-22-16-14-19(21)20(3)18-12-10-17(2)11-13-18/h10-13H,4-9,14-16H2,1-3H3. The van der Waals surface area contributed by atoms with Gasteiger partial charge < -0.3 is 9.64 Å². The van der Waals surface area contributed by atoms with Crippen molar-refractivity contribution in [3.05, 3.63) is 29.8 Å². The highest BCUT2D eigenvalue weighted by Crippen LogP contribution is 2.14. The second kappa shape index (κ2) is 11.2. The first-order valence-corrected chi connectivity index (χ1v) is 8.56. The molecule has 0 unspecified atom stereocenters. The summed E-state index contributed by atoms with van der Waals surface area (Å²) in [6.45, 7) is 5.56. The van der Waals surface area contributed by atoms with Crippen LogP contribution in [0.25, 0.3) is 0 Å². The molecular formula is C19H31NO2. The molecule has 0 aliphatic heterocycles. The van der Waals surface area contributed by atoms with Crippen molar-refractivity contribution < 1.29 is 9.53 Å². The zero-order chi connectivity index (χ0) is 16.2. The van der Waals surface area contributed by atoms with Crippen molar-refractivity contribution >= 4 is 11.6 Å². The number of carbonyl (C=O) groups is 1. The van der Waals surface area contributed by atoms with Crippen molar-refractivity contribution in [2.24, 2.45) is 0 Å². The summed E-state index contributed by atoms with van der Waals surface area (Å²) < 4.78 is 5.57. The van der Waals surface area contributed by atoms with E-state index < -0.39 is 0 Å². The molecular weight excluding hydrogens is 274 g/mol. The number of rotatable bonds is 11. The van der Waals surface area contributed by atoms with Crippen LogP contribution in [-0.2, 0) is 9.53 Å². The van der Waals surface area contributed by atoms with Crippen LogP contribution < -0.4 is 4.90 Å². The topological polar surface area (TPSA) is 29.5 Å². The first kappa shape index (κ1) is 18.7. The summed E-state index contributed by atoms with van der Waals surface area (Å²) in [5, 5.41) is 0. The van der Waals surface area contributed by atoms with Crippen LogP contribution in [0.15, 0.2) is 24.3 Å². The quantitative estimate of drug-likeness (QED) is 0.553. The van der Waals surface area contributed by atoms with Crippen LogP contribution in [0.4, 0.5) is 5.69 Å². The van der Waals surface area contributed by atoms with Crippen molar-refractivity contribution in [1.29, 1.82) is 0 Å². The van der Waals surface area contributed by atoms with Gasteiger partial charge in [0.05, 0.1) is 13.0 Å². The number of hydrogen-bond acceptors (Lipinski definition) is 2. The molecule has 0 heterocycles. The number of anilines is 1. The number of unbranched alkanes of at least 4 members (excludes halogenated alkanes) is 5. The fraction of sp³-hybridized carbons (Fsp3) is 0.632. The van der Waals surface area contributed by atoms with E-state index >= 15 is 0 Å². The third-order valence-electron chi connectivity index (χ3n) is 3.90. The Kier molecular flexibility index (Phi) is 9.56. The van der Waals surface area contributed by atoms with E-state index in [-0.39, 0.29) is 5.91 Å². The fourth-order valence-corrected chi connectivity index (χ4v) is 2.33. The van der Waals surface area contributed by atoms with Gasteiger partial charge in [-0.2, -0.15) is 0 Å². The summed E-state index contributed by atoms with van der Waals surface area (Å²) >= 11 is 0. The molecule has 3 heteroatoms. The normalized spacial score (nSPS) is 10.7. The molecule has 0 N–H and O–H groups in total. The van der Waals surface area contributed by atoms with Crippen molar-refractivity contribution in [1.82, 2.24) is 0 Å². The van der Waals surface area contributed by atoms with Gasteiger partial charge in [-0.05, 0) is 25.5 Å². The number of hydrogen-bond donors (Lipinski definition) is 0. The van der Waals surface area contributed by atoms with Gasteiger partial charge >= 0.3 is 0 Å². The average Bonchev–Trinajstić information content (AvgIpc) is 2.53. The minimum absolute atomic E-state index is 0.104. The molecule has 0 spiro atoms. The van der Waals surface area contributed by atoms with Crippen LogP contribution in [0, 0.1) is 6.92 Å². The highest BCUT2D eigenvalue weighted by atomic mass is 16.5. The lowest BCUT2D eigenvalue weighted by molar-refractivity contribution is -0.119. The maximum Gasteiger partial charge on any atom is 0.229 e. The average molecular weight is 305 g/mol. The van der Waals surface area contributed by atoms with Gasteiger partial charge in [-0.1, -0.05) is 56.7 Å². The molecule has 0 aliphatic carbocycles. The molecule has 0 atom stereocenters. The predicted octanol–water partition coefficient (Wildman–Crippen LogP) is 4.73. The van der Waals surface area contributed by atoms with Crippen LogP contribution >= 0.6 is 0 Å². The van der Waals surface area contributed by atoms with Gasteiger partial charge in [0.25, 0.3) is 0 Å². The molecule has 124 valence electrons. The maximum absolute atomic E-state index is 12.1. The number of amides is 1. The zero-order valence-corrected chi connectivity index (χ0v) is 14.4. The van der Waals surface area contributed by atoms with E-state index in [0.717, 1.165) is 18.7 Å². The number of benzene rings is 1. The second-order valence-electron chi connectivity index (χ2n) is 5.92. The number of ether oxygens (including phenoxy) is 1. The lowest BCUT2D eigenvalue weighted by Crippen LogP contribution is -2.27. The maximum atomic E-state index is 12.1. The molecule has 1 aromatic carbocycles. The molecule has 0 fully saturated rings. The molecule has 0 saturated carbocycles. The smallest absolute Gasteiger partial charge is 0.229 e. The largest absolute Gasteiger partial charge is 0.381 e. The van der Waals surface area contributed by atoms with Gasteiger partial charge in [0.2, 0.25) is 5.91 Å². The van der Waals surface area contributed by atoms with Crippen molar-refractivity contribution in [2.45, 2.75) is 58.8 Å². The van der Waals surface area contributed by atoms with Gasteiger partial charge in [-0.25, -0.2) is 0 Å². The summed E-state index contributed by atoms with van der Waals surface area (Å²) in [6.07, 6.45) is 8.03. The molecule has 0 aliphatic rings. The van der Waals surface area contributed by atoms with Crippen molar-refractivity contribution in [2.75, 3.05) is 25.2 Å². The van der Waals surface area contributed by atoms with E-state index in [4.69, 9.17) is 4.74 Å². The summed E-state index contributed by atoms with van der Waals surface area (Å²) in [5.74, 6) is 0.104. The zero-order valence-electron chi connectivity index (χ0n) is 14.4. The van der Waals surface area contributed by atoms with Gasteiger partial charge in [-0.3, -0.25) is 4.79 Å². The highest BCUT2D eigenvalue weighted by molar-refractivity contribution is 5.92. The molecule has 0 bridgehead atoms. The Bertz CT molecular complexity index is 414. The molecule has 1 aromatic rings. The molecule has 1 rings (SSSR count). The Balaban J connectivity index is 2.09. The van der Waals surface area contributed by atoms with Crippen LogP contribution in [0.2, 0.25) is 0 Å². The Morgan fingerprint density at radius 2 is 1.64 bits per heavy atom. The molecule has 1 amide bonds. The van der Waals surface area contributed by atoms with Crippen LogP contribution in [-0.4, -0.2) is 26.2 Å². The lowest BCUT2D eigenvalue weighted by Gasteiger charge is -2.17. The van der Waals surface area contributed by atoms with Gasteiger partial charge in [0.1, 0.15) is 0 Å². The molecule has 0 radical (unpaired) electrons. The van der Waals surface area contributed by atoms with Gasteiger partial charge in [-0.15, -0.1) is 0 Å². The Morgan fingerprint density at radius 3 is 2.32 bits per heavy atom. The van der Waals surface area contributed by atoms with E-state index in [1.54, 1.807) is 4.90 Å². The lowest BCUT2D eigenvalue weighted by atomic mass is 10.1. The SMILES string of the molecule is CCCCCCCCOCCC(=O)N(C)c1ccc(C)cc1. The monoisotopic (exact) mass is 305 g/mol. The van der Waals surface area contributed by atoms with Gasteiger partial charge in [0, 0.05) is 19.3 Å². The third-order valence-corrected chi connectivity index (χ3v) is 3.90. The van der Waals surface area contributed by atoms with E-state index in [9.17, 15) is 4.79 Å². The van der Waals surface area contributed by atoms with Gasteiger partial charge in [0.15, 0.2) is 0 Å². The Morgan fingerprint density at radius 1 is 1.00 bits per heavy atom. The Labute approximate surface area is 135 Å². The van der Waals surface area contributed by atoms with Crippen molar-refractivity contribution in [3.8, 4) is 0 Å². The number of nitrogens with zero attached hydrogens (tertiary/aromatic N) is 1. The highest BCUT2D eigenvalue weighted by Gasteiger charge is 2.10. The fourth-order valence-electron chi connectivity index (χ4n) is 2.33. The first-order chi connectivity index (χ1) is 10.6. The summed E-state index contributed by atoms with van der Waals surface area (Å²) in [7, 11) is 1.82. The molecule has 3 nitrogen and oxygen atoms in total. The third kappa shape index (κ3) is 7.60. The van der Waals surface area contributed by atoms with Crippen LogP contribution in [0.3, 0.4) is 0 Å². The summed E-state index contributed by atoms with van der Waals surface area (Å²) in [6, 6.07) is 8.00. The Hall–Kier alpha value is -1.35. The van der Waals surface area contributed by atoms with E-state index in [1.807, 2.05) is 38.2 Å². The van der Waals surface area contributed by atoms with Crippen LogP contribution in [0.5, 0.6) is 0 Å². The summed E-state index contributed by atoms with van der Waals surface area (Å²) in [5.41, 5.74) is 2.14. The first-order valence-electron chi connectivity index (χ1n) is 8.56.